The summed E-state index contributed by atoms with van der Waals surface area (Å²) in [4.78, 5) is 0. The second-order valence-electron chi connectivity index (χ2n) is 5.07. The molecule has 1 nitrogen and oxygen atoms in total. The third-order valence-electron chi connectivity index (χ3n) is 4.14. The van der Waals surface area contributed by atoms with Gasteiger partial charge < -0.3 is 5.11 Å². The van der Waals surface area contributed by atoms with Gasteiger partial charge in [-0.3, -0.25) is 0 Å². The lowest BCUT2D eigenvalue weighted by atomic mass is 9.75. The Morgan fingerprint density at radius 3 is 2.94 bits per heavy atom. The summed E-state index contributed by atoms with van der Waals surface area (Å²) in [5, 5.41) is 12.8. The Morgan fingerprint density at radius 1 is 1.06 bits per heavy atom. The smallest absolute Gasteiger partial charge is 0.0793 e. The first kappa shape index (κ1) is 9.43. The highest BCUT2D eigenvalue weighted by Crippen LogP contribution is 2.45. The van der Waals surface area contributed by atoms with E-state index in [1.54, 1.807) is 0 Å². The average Bonchev–Trinajstić information content (AvgIpc) is 2.38. The highest BCUT2D eigenvalue weighted by atomic mass is 16.3. The van der Waals surface area contributed by atoms with Crippen LogP contribution in [0.5, 0.6) is 0 Å². The van der Waals surface area contributed by atoms with Crippen LogP contribution in [0.2, 0.25) is 0 Å². The Hall–Kier alpha value is -1.60. The van der Waals surface area contributed by atoms with Crippen molar-refractivity contribution < 1.29 is 5.11 Å². The molecule has 0 heterocycles. The zero-order valence-electron chi connectivity index (χ0n) is 9.56. The summed E-state index contributed by atoms with van der Waals surface area (Å²) < 4.78 is 0. The molecule has 84 valence electrons. The Morgan fingerprint density at radius 2 is 2.00 bits per heavy atom. The lowest BCUT2D eigenvalue weighted by Crippen LogP contribution is -2.15. The molecule has 0 aliphatic heterocycles. The molecular formula is C16H14O. The standard InChI is InChI=1S/C16H14O/c17-14-9-7-12-5-4-10-2-1-3-11-6-8-13(14)16(12)15(10)11/h1-6,8,12,14,17H,7,9H2. The van der Waals surface area contributed by atoms with Gasteiger partial charge in [0.05, 0.1) is 6.10 Å². The molecule has 0 saturated heterocycles. The number of hydrogen-bond donors (Lipinski definition) is 1. The van der Waals surface area contributed by atoms with Crippen LogP contribution in [0.1, 0.15) is 41.6 Å². The predicted octanol–water partition coefficient (Wildman–Crippen LogP) is 3.78. The third kappa shape index (κ3) is 1.18. The van der Waals surface area contributed by atoms with Crippen LogP contribution in [-0.2, 0) is 0 Å². The molecule has 0 radical (unpaired) electrons. The van der Waals surface area contributed by atoms with Gasteiger partial charge >= 0.3 is 0 Å². The summed E-state index contributed by atoms with van der Waals surface area (Å²) in [6, 6.07) is 10.7. The number of benzene rings is 2. The van der Waals surface area contributed by atoms with Crippen LogP contribution < -0.4 is 0 Å². The number of aliphatic hydroxyl groups excluding tert-OH is 1. The predicted molar refractivity (Wildman–Crippen MR) is 69.9 cm³/mol. The van der Waals surface area contributed by atoms with Crippen LogP contribution in [0.4, 0.5) is 0 Å². The third-order valence-corrected chi connectivity index (χ3v) is 4.14. The van der Waals surface area contributed by atoms with Crippen LogP contribution in [0.25, 0.3) is 16.8 Å². The van der Waals surface area contributed by atoms with Crippen molar-refractivity contribution in [3.63, 3.8) is 0 Å². The van der Waals surface area contributed by atoms with Crippen molar-refractivity contribution in [1.29, 1.82) is 0 Å². The van der Waals surface area contributed by atoms with Crippen molar-refractivity contribution in [3.8, 4) is 0 Å². The molecule has 17 heavy (non-hydrogen) atoms. The summed E-state index contributed by atoms with van der Waals surface area (Å²) in [5.74, 6) is 0.506. The maximum Gasteiger partial charge on any atom is 0.0793 e. The van der Waals surface area contributed by atoms with Gasteiger partial charge in [0.25, 0.3) is 0 Å². The zero-order chi connectivity index (χ0) is 11.4. The Labute approximate surface area is 100 Å². The molecule has 1 heteroatoms. The van der Waals surface area contributed by atoms with Gasteiger partial charge in [-0.05, 0) is 40.3 Å². The van der Waals surface area contributed by atoms with Gasteiger partial charge in [-0.25, -0.2) is 0 Å². The maximum absolute atomic E-state index is 10.1. The second-order valence-corrected chi connectivity index (χ2v) is 5.07. The topological polar surface area (TPSA) is 20.2 Å². The lowest BCUT2D eigenvalue weighted by Gasteiger charge is -2.31. The fraction of sp³-hybridized carbons (Fsp3) is 0.250. The zero-order valence-corrected chi connectivity index (χ0v) is 9.56. The van der Waals surface area contributed by atoms with Gasteiger partial charge in [-0.1, -0.05) is 42.5 Å². The van der Waals surface area contributed by atoms with E-state index in [1.165, 1.54) is 21.9 Å². The van der Waals surface area contributed by atoms with Crippen LogP contribution in [-0.4, -0.2) is 5.11 Å². The minimum atomic E-state index is -0.273. The molecule has 2 unspecified atom stereocenters. The largest absolute Gasteiger partial charge is 0.388 e. The van der Waals surface area contributed by atoms with E-state index >= 15 is 0 Å². The minimum Gasteiger partial charge on any atom is -0.388 e. The van der Waals surface area contributed by atoms with Gasteiger partial charge in [0, 0.05) is 5.92 Å². The highest BCUT2D eigenvalue weighted by Gasteiger charge is 2.28. The van der Waals surface area contributed by atoms with E-state index in [-0.39, 0.29) is 6.10 Å². The fourth-order valence-electron chi connectivity index (χ4n) is 3.33. The first-order chi connectivity index (χ1) is 8.34. The van der Waals surface area contributed by atoms with E-state index in [0.717, 1.165) is 18.4 Å². The summed E-state index contributed by atoms with van der Waals surface area (Å²) >= 11 is 0. The van der Waals surface area contributed by atoms with Gasteiger partial charge in [0.2, 0.25) is 0 Å². The Balaban J connectivity index is 2.18. The molecule has 0 saturated carbocycles. The van der Waals surface area contributed by atoms with E-state index in [9.17, 15) is 5.11 Å². The monoisotopic (exact) mass is 222 g/mol. The van der Waals surface area contributed by atoms with Crippen molar-refractivity contribution in [2.45, 2.75) is 24.9 Å². The van der Waals surface area contributed by atoms with Crippen LogP contribution in [0, 0.1) is 0 Å². The first-order valence-corrected chi connectivity index (χ1v) is 6.26. The minimum absolute atomic E-state index is 0.273. The molecule has 2 aromatic rings. The molecule has 0 amide bonds. The normalized spacial score (nSPS) is 25.2. The van der Waals surface area contributed by atoms with E-state index in [0.29, 0.717) is 5.92 Å². The molecule has 1 N–H and O–H groups in total. The molecule has 2 atom stereocenters. The van der Waals surface area contributed by atoms with Crippen LogP contribution in [0.15, 0.2) is 36.4 Å². The van der Waals surface area contributed by atoms with Crippen molar-refractivity contribution >= 4 is 16.8 Å². The second kappa shape index (κ2) is 3.21. The molecule has 0 bridgehead atoms. The molecule has 2 aromatic carbocycles. The van der Waals surface area contributed by atoms with Gasteiger partial charge in [0.15, 0.2) is 0 Å². The SMILES string of the molecule is OC1CCC2C=Cc3cccc4ccc1c2c34. The van der Waals surface area contributed by atoms with E-state index in [2.05, 4.69) is 42.5 Å². The number of aliphatic hydroxyl groups is 1. The molecule has 0 aromatic heterocycles. The quantitative estimate of drug-likeness (QED) is 0.719. The van der Waals surface area contributed by atoms with Crippen molar-refractivity contribution in [2.75, 3.05) is 0 Å². The van der Waals surface area contributed by atoms with Crippen molar-refractivity contribution in [3.05, 3.63) is 53.1 Å². The van der Waals surface area contributed by atoms with Crippen molar-refractivity contribution in [1.82, 2.24) is 0 Å². The molecule has 2 aliphatic carbocycles. The maximum atomic E-state index is 10.1. The lowest BCUT2D eigenvalue weighted by molar-refractivity contribution is 0.154. The van der Waals surface area contributed by atoms with Gasteiger partial charge in [0.1, 0.15) is 0 Å². The highest BCUT2D eigenvalue weighted by molar-refractivity contribution is 5.96. The number of rotatable bonds is 0. The van der Waals surface area contributed by atoms with Crippen LogP contribution >= 0.6 is 0 Å². The van der Waals surface area contributed by atoms with Gasteiger partial charge in [-0.15, -0.1) is 0 Å². The molecular weight excluding hydrogens is 208 g/mol. The summed E-state index contributed by atoms with van der Waals surface area (Å²) in [5.41, 5.74) is 3.81. The first-order valence-electron chi connectivity index (χ1n) is 6.26. The fourth-order valence-corrected chi connectivity index (χ4v) is 3.33. The van der Waals surface area contributed by atoms with Crippen molar-refractivity contribution in [2.24, 2.45) is 0 Å². The molecule has 2 aliphatic rings. The summed E-state index contributed by atoms with van der Waals surface area (Å²) in [7, 11) is 0. The molecule has 0 spiro atoms. The molecule has 4 rings (SSSR count). The van der Waals surface area contributed by atoms with Crippen LogP contribution in [0.3, 0.4) is 0 Å². The number of hydrogen-bond acceptors (Lipinski definition) is 1. The number of allylic oxidation sites excluding steroid dienone is 1. The Kier molecular flexibility index (Phi) is 1.78. The van der Waals surface area contributed by atoms with Gasteiger partial charge in [-0.2, -0.15) is 0 Å². The van der Waals surface area contributed by atoms with E-state index < -0.39 is 0 Å². The Bertz CT molecular complexity index is 639. The summed E-state index contributed by atoms with van der Waals surface area (Å²) in [6.45, 7) is 0. The van der Waals surface area contributed by atoms with E-state index in [1.807, 2.05) is 0 Å². The summed E-state index contributed by atoms with van der Waals surface area (Å²) in [6.07, 6.45) is 6.21. The van der Waals surface area contributed by atoms with E-state index in [4.69, 9.17) is 0 Å². The molecule has 0 fully saturated rings. The average molecular weight is 222 g/mol.